The lowest BCUT2D eigenvalue weighted by molar-refractivity contribution is 0.415. The quantitative estimate of drug-likeness (QED) is 0.767. The molecule has 0 saturated heterocycles. The van der Waals surface area contributed by atoms with E-state index < -0.39 is 0 Å². The molecule has 2 N–H and O–H groups in total. The van der Waals surface area contributed by atoms with Gasteiger partial charge in [-0.1, -0.05) is 30.3 Å². The van der Waals surface area contributed by atoms with Crippen LogP contribution in [0.15, 0.2) is 35.1 Å². The van der Waals surface area contributed by atoms with Crippen LogP contribution in [-0.4, -0.2) is 14.9 Å². The van der Waals surface area contributed by atoms with Crippen molar-refractivity contribution in [3.63, 3.8) is 0 Å². The predicted octanol–water partition coefficient (Wildman–Crippen LogP) is 1.01. The second-order valence-electron chi connectivity index (χ2n) is 3.46. The molecular weight excluding hydrogens is 192 g/mol. The molecular formula is C11H12N2O2. The number of aromatic hydroxyl groups is 1. The third-order valence-electron chi connectivity index (χ3n) is 2.35. The molecule has 0 aliphatic heterocycles. The first-order valence-corrected chi connectivity index (χ1v) is 4.69. The summed E-state index contributed by atoms with van der Waals surface area (Å²) in [4.78, 5) is 11.4. The average Bonchev–Trinajstić information content (AvgIpc) is 2.47. The minimum absolute atomic E-state index is 0.00357. The summed E-state index contributed by atoms with van der Waals surface area (Å²) in [6.07, 6.45) is 0.447. The number of aromatic amines is 1. The molecule has 1 aromatic heterocycles. The molecule has 0 fully saturated rings. The van der Waals surface area contributed by atoms with E-state index in [1.165, 1.54) is 4.68 Å². The highest BCUT2D eigenvalue weighted by Crippen LogP contribution is 2.14. The standard InChI is InChI=1S/C11H12N2O2/c1-13-11(15)9(10(14)12-13)7-8-5-3-2-4-6-8/h2-6,15H,7H2,1H3,(H,12,14). The van der Waals surface area contributed by atoms with E-state index in [2.05, 4.69) is 5.10 Å². The van der Waals surface area contributed by atoms with Crippen LogP contribution in [0.25, 0.3) is 0 Å². The van der Waals surface area contributed by atoms with E-state index >= 15 is 0 Å². The molecule has 0 aliphatic rings. The Balaban J connectivity index is 2.37. The first kappa shape index (κ1) is 9.58. The summed E-state index contributed by atoms with van der Waals surface area (Å²) >= 11 is 0. The van der Waals surface area contributed by atoms with E-state index in [1.807, 2.05) is 30.3 Å². The van der Waals surface area contributed by atoms with Crippen molar-refractivity contribution in [2.75, 3.05) is 0 Å². The number of hydrogen-bond donors (Lipinski definition) is 2. The third-order valence-corrected chi connectivity index (χ3v) is 2.35. The SMILES string of the molecule is Cn1[nH]c(=O)c(Cc2ccccc2)c1O. The maximum atomic E-state index is 11.4. The molecule has 1 aromatic carbocycles. The van der Waals surface area contributed by atoms with E-state index in [9.17, 15) is 9.90 Å². The summed E-state index contributed by atoms with van der Waals surface area (Å²) in [7, 11) is 1.60. The fourth-order valence-electron chi connectivity index (χ4n) is 1.54. The summed E-state index contributed by atoms with van der Waals surface area (Å²) in [5, 5.41) is 12.1. The first-order chi connectivity index (χ1) is 7.18. The molecule has 4 nitrogen and oxygen atoms in total. The zero-order chi connectivity index (χ0) is 10.8. The van der Waals surface area contributed by atoms with Gasteiger partial charge in [0.1, 0.15) is 0 Å². The van der Waals surface area contributed by atoms with Crippen molar-refractivity contribution in [3.05, 3.63) is 51.8 Å². The van der Waals surface area contributed by atoms with Crippen LogP contribution in [0.1, 0.15) is 11.1 Å². The molecule has 15 heavy (non-hydrogen) atoms. The summed E-state index contributed by atoms with van der Waals surface area (Å²) in [6, 6.07) is 9.57. The Morgan fingerprint density at radius 1 is 1.33 bits per heavy atom. The lowest BCUT2D eigenvalue weighted by atomic mass is 10.1. The van der Waals surface area contributed by atoms with Crippen LogP contribution in [0.5, 0.6) is 5.88 Å². The normalized spacial score (nSPS) is 10.5. The van der Waals surface area contributed by atoms with Gasteiger partial charge in [-0.15, -0.1) is 0 Å². The molecule has 2 aromatic rings. The van der Waals surface area contributed by atoms with Gasteiger partial charge in [-0.05, 0) is 5.56 Å². The Labute approximate surface area is 86.8 Å². The van der Waals surface area contributed by atoms with Crippen molar-refractivity contribution in [2.24, 2.45) is 7.05 Å². The maximum Gasteiger partial charge on any atom is 0.271 e. The molecule has 0 saturated carbocycles. The van der Waals surface area contributed by atoms with E-state index in [-0.39, 0.29) is 11.4 Å². The number of aryl methyl sites for hydroxylation is 1. The minimum Gasteiger partial charge on any atom is -0.493 e. The smallest absolute Gasteiger partial charge is 0.271 e. The molecule has 0 radical (unpaired) electrons. The van der Waals surface area contributed by atoms with Crippen LogP contribution in [-0.2, 0) is 13.5 Å². The highest BCUT2D eigenvalue weighted by molar-refractivity contribution is 5.30. The Kier molecular flexibility index (Phi) is 2.33. The summed E-state index contributed by atoms with van der Waals surface area (Å²) in [6.45, 7) is 0. The zero-order valence-corrected chi connectivity index (χ0v) is 8.40. The van der Waals surface area contributed by atoms with Crippen molar-refractivity contribution in [1.29, 1.82) is 0 Å². The van der Waals surface area contributed by atoms with Crippen molar-refractivity contribution in [3.8, 4) is 5.88 Å². The van der Waals surface area contributed by atoms with E-state index in [4.69, 9.17) is 0 Å². The number of H-pyrrole nitrogens is 1. The number of benzene rings is 1. The monoisotopic (exact) mass is 204 g/mol. The Hall–Kier alpha value is -1.97. The van der Waals surface area contributed by atoms with E-state index in [0.29, 0.717) is 12.0 Å². The topological polar surface area (TPSA) is 58.0 Å². The fourth-order valence-corrected chi connectivity index (χ4v) is 1.54. The molecule has 0 amide bonds. The van der Waals surface area contributed by atoms with Gasteiger partial charge in [-0.25, -0.2) is 0 Å². The number of aromatic nitrogens is 2. The van der Waals surface area contributed by atoms with Crippen LogP contribution in [0.3, 0.4) is 0 Å². The predicted molar refractivity (Wildman–Crippen MR) is 56.9 cm³/mol. The zero-order valence-electron chi connectivity index (χ0n) is 8.40. The van der Waals surface area contributed by atoms with Gasteiger partial charge < -0.3 is 5.11 Å². The molecule has 2 rings (SSSR count). The number of nitrogens with zero attached hydrogens (tertiary/aromatic N) is 1. The first-order valence-electron chi connectivity index (χ1n) is 4.69. The van der Waals surface area contributed by atoms with Crippen molar-refractivity contribution in [2.45, 2.75) is 6.42 Å². The van der Waals surface area contributed by atoms with Gasteiger partial charge in [-0.3, -0.25) is 14.6 Å². The molecule has 0 bridgehead atoms. The lowest BCUT2D eigenvalue weighted by Crippen LogP contribution is -2.07. The van der Waals surface area contributed by atoms with Gasteiger partial charge in [-0.2, -0.15) is 0 Å². The Bertz CT molecular complexity index is 511. The Morgan fingerprint density at radius 3 is 2.53 bits per heavy atom. The average molecular weight is 204 g/mol. The minimum atomic E-state index is -0.237. The van der Waals surface area contributed by atoms with Crippen LogP contribution in [0.2, 0.25) is 0 Å². The maximum absolute atomic E-state index is 11.4. The summed E-state index contributed by atoms with van der Waals surface area (Å²) < 4.78 is 1.32. The lowest BCUT2D eigenvalue weighted by Gasteiger charge is -1.98. The van der Waals surface area contributed by atoms with Gasteiger partial charge >= 0.3 is 0 Å². The van der Waals surface area contributed by atoms with Gasteiger partial charge in [0, 0.05) is 13.5 Å². The molecule has 78 valence electrons. The second kappa shape index (κ2) is 3.65. The van der Waals surface area contributed by atoms with Gasteiger partial charge in [0.25, 0.3) is 5.56 Å². The van der Waals surface area contributed by atoms with Crippen molar-refractivity contribution >= 4 is 0 Å². The van der Waals surface area contributed by atoms with Crippen LogP contribution < -0.4 is 5.56 Å². The second-order valence-corrected chi connectivity index (χ2v) is 3.46. The molecule has 1 heterocycles. The van der Waals surface area contributed by atoms with Crippen LogP contribution in [0.4, 0.5) is 0 Å². The van der Waals surface area contributed by atoms with Gasteiger partial charge in [0.2, 0.25) is 5.88 Å². The molecule has 0 atom stereocenters. The Morgan fingerprint density at radius 2 is 2.00 bits per heavy atom. The molecule has 0 spiro atoms. The third kappa shape index (κ3) is 1.79. The number of hydrogen-bond acceptors (Lipinski definition) is 2. The van der Waals surface area contributed by atoms with Crippen molar-refractivity contribution in [1.82, 2.24) is 9.78 Å². The number of rotatable bonds is 2. The summed E-state index contributed by atoms with van der Waals surface area (Å²) in [5.74, 6) is 0.00357. The molecule has 4 heteroatoms. The van der Waals surface area contributed by atoms with E-state index in [0.717, 1.165) is 5.56 Å². The largest absolute Gasteiger partial charge is 0.493 e. The fraction of sp³-hybridized carbons (Fsp3) is 0.182. The van der Waals surface area contributed by atoms with Crippen molar-refractivity contribution < 1.29 is 5.11 Å². The van der Waals surface area contributed by atoms with Gasteiger partial charge in [0.05, 0.1) is 5.56 Å². The highest BCUT2D eigenvalue weighted by Gasteiger charge is 2.11. The highest BCUT2D eigenvalue weighted by atomic mass is 16.3. The van der Waals surface area contributed by atoms with Gasteiger partial charge in [0.15, 0.2) is 0 Å². The number of nitrogens with one attached hydrogen (secondary N) is 1. The molecule has 0 unspecified atom stereocenters. The molecule has 0 aliphatic carbocycles. The van der Waals surface area contributed by atoms with E-state index in [1.54, 1.807) is 7.05 Å². The summed E-state index contributed by atoms with van der Waals surface area (Å²) in [5.41, 5.74) is 1.17. The van der Waals surface area contributed by atoms with Crippen LogP contribution >= 0.6 is 0 Å². The van der Waals surface area contributed by atoms with Crippen LogP contribution in [0, 0.1) is 0 Å².